The van der Waals surface area contributed by atoms with E-state index in [1.54, 1.807) is 6.92 Å². The number of hydrazone groups is 1. The number of aromatic nitrogens is 6. The van der Waals surface area contributed by atoms with Crippen LogP contribution in [0.25, 0.3) is 0 Å². The van der Waals surface area contributed by atoms with Gasteiger partial charge in [0, 0.05) is 18.3 Å². The largest absolute Gasteiger partial charge is 0.393 e. The van der Waals surface area contributed by atoms with E-state index in [0.29, 0.717) is 11.4 Å². The van der Waals surface area contributed by atoms with Gasteiger partial charge in [-0.15, -0.1) is 10.2 Å². The molecule has 20 heteroatoms. The van der Waals surface area contributed by atoms with Crippen LogP contribution in [0.1, 0.15) is 37.1 Å². The molecule has 0 radical (unpaired) electrons. The SMILES string of the molecule is C=NN(c1nc(Cl)nc(NC2CCCC2)c1C)[C@@H]1O[C@H](COC(CO)(COCc2nn[nH]n2)P(=O)(O)O)[C@@H](O)[C@H]1O. The number of halogens is 1. The number of aromatic amines is 1. The number of aliphatic hydroxyl groups is 3. The van der Waals surface area contributed by atoms with E-state index in [4.69, 9.17) is 25.8 Å². The van der Waals surface area contributed by atoms with Crippen LogP contribution in [-0.2, 0) is 25.4 Å². The Bertz CT molecular complexity index is 1220. The van der Waals surface area contributed by atoms with E-state index in [-0.39, 0.29) is 29.6 Å². The molecule has 1 saturated carbocycles. The van der Waals surface area contributed by atoms with E-state index in [9.17, 15) is 29.7 Å². The molecule has 41 heavy (non-hydrogen) atoms. The highest BCUT2D eigenvalue weighted by Gasteiger charge is 2.52. The third kappa shape index (κ3) is 6.99. The molecule has 0 bridgehead atoms. The molecule has 1 saturated heterocycles. The molecule has 4 rings (SSSR count). The summed E-state index contributed by atoms with van der Waals surface area (Å²) in [5.74, 6) is 0.735. The summed E-state index contributed by atoms with van der Waals surface area (Å²) in [6.45, 7) is 2.40. The van der Waals surface area contributed by atoms with Gasteiger partial charge in [0.05, 0.1) is 19.8 Å². The van der Waals surface area contributed by atoms with Crippen LogP contribution in [0.15, 0.2) is 5.10 Å². The summed E-state index contributed by atoms with van der Waals surface area (Å²) >= 11 is 6.20. The highest BCUT2D eigenvalue weighted by atomic mass is 35.5. The topological polar surface area (TPSA) is 254 Å². The van der Waals surface area contributed by atoms with E-state index >= 15 is 0 Å². The van der Waals surface area contributed by atoms with E-state index in [0.717, 1.165) is 30.7 Å². The predicted molar refractivity (Wildman–Crippen MR) is 142 cm³/mol. The number of hydrogen-bond donors (Lipinski definition) is 7. The molecule has 0 aromatic carbocycles. The zero-order valence-electron chi connectivity index (χ0n) is 22.1. The number of tetrazole rings is 1. The molecule has 0 amide bonds. The van der Waals surface area contributed by atoms with Crippen LogP contribution in [0.2, 0.25) is 5.28 Å². The van der Waals surface area contributed by atoms with Crippen molar-refractivity contribution in [2.45, 2.75) is 75.1 Å². The highest BCUT2D eigenvalue weighted by Crippen LogP contribution is 2.51. The normalized spacial score (nSPS) is 24.9. The van der Waals surface area contributed by atoms with Crippen LogP contribution in [0.5, 0.6) is 0 Å². The van der Waals surface area contributed by atoms with Crippen molar-refractivity contribution in [2.24, 2.45) is 5.10 Å². The molecular weight excluding hydrogens is 589 g/mol. The molecule has 0 spiro atoms. The van der Waals surface area contributed by atoms with Crippen molar-refractivity contribution < 1.29 is 43.9 Å². The monoisotopic (exact) mass is 621 g/mol. The lowest BCUT2D eigenvalue weighted by Gasteiger charge is -2.33. The average molecular weight is 622 g/mol. The molecule has 2 aromatic heterocycles. The Labute approximate surface area is 239 Å². The molecule has 18 nitrogen and oxygen atoms in total. The zero-order valence-corrected chi connectivity index (χ0v) is 23.7. The predicted octanol–water partition coefficient (Wildman–Crippen LogP) is -0.726. The zero-order chi connectivity index (χ0) is 29.8. The maximum atomic E-state index is 12.3. The molecule has 228 valence electrons. The van der Waals surface area contributed by atoms with Crippen molar-refractivity contribution in [3.05, 3.63) is 16.7 Å². The lowest BCUT2D eigenvalue weighted by molar-refractivity contribution is -0.125. The summed E-state index contributed by atoms with van der Waals surface area (Å²) in [7, 11) is -5.16. The lowest BCUT2D eigenvalue weighted by atomic mass is 10.1. The van der Waals surface area contributed by atoms with Gasteiger partial charge in [0.25, 0.3) is 0 Å². The number of anilines is 2. The number of nitrogens with one attached hydrogen (secondary N) is 2. The average Bonchev–Trinajstić information content (AvgIpc) is 3.69. The van der Waals surface area contributed by atoms with Crippen LogP contribution in [0, 0.1) is 6.92 Å². The van der Waals surface area contributed by atoms with Crippen molar-refractivity contribution in [2.75, 3.05) is 30.1 Å². The van der Waals surface area contributed by atoms with Gasteiger partial charge in [0.2, 0.25) is 10.6 Å². The number of nitrogens with zero attached hydrogens (tertiary/aromatic N) is 7. The third-order valence-electron chi connectivity index (χ3n) is 6.98. The number of rotatable bonds is 14. The first-order chi connectivity index (χ1) is 19.5. The maximum Gasteiger partial charge on any atom is 0.361 e. The van der Waals surface area contributed by atoms with Crippen molar-refractivity contribution in [1.29, 1.82) is 0 Å². The Hall–Kier alpha value is -2.38. The molecular formula is C21H33ClN9O9P. The summed E-state index contributed by atoms with van der Waals surface area (Å²) < 4.78 is 28.8. The van der Waals surface area contributed by atoms with Gasteiger partial charge < -0.3 is 44.6 Å². The van der Waals surface area contributed by atoms with E-state index in [2.05, 4.69) is 47.7 Å². The molecule has 2 fully saturated rings. The molecule has 1 unspecified atom stereocenters. The minimum atomic E-state index is -5.16. The smallest absolute Gasteiger partial charge is 0.361 e. The van der Waals surface area contributed by atoms with Crippen LogP contribution in [-0.4, -0.2) is 118 Å². The van der Waals surface area contributed by atoms with Crippen LogP contribution in [0.3, 0.4) is 0 Å². The lowest BCUT2D eigenvalue weighted by Crippen LogP contribution is -2.45. The summed E-state index contributed by atoms with van der Waals surface area (Å²) in [6.07, 6.45) is -1.69. The quantitative estimate of drug-likeness (QED) is 0.0594. The van der Waals surface area contributed by atoms with Crippen LogP contribution in [0.4, 0.5) is 11.6 Å². The maximum absolute atomic E-state index is 12.3. The first-order valence-corrected chi connectivity index (χ1v) is 14.7. The molecule has 2 aliphatic rings. The number of H-pyrrole nitrogens is 1. The van der Waals surface area contributed by atoms with Crippen LogP contribution >= 0.6 is 19.2 Å². The van der Waals surface area contributed by atoms with E-state index in [1.165, 1.54) is 0 Å². The van der Waals surface area contributed by atoms with Gasteiger partial charge in [-0.3, -0.25) is 4.57 Å². The Morgan fingerprint density at radius 1 is 1.29 bits per heavy atom. The Morgan fingerprint density at radius 2 is 2.02 bits per heavy atom. The summed E-state index contributed by atoms with van der Waals surface area (Å²) in [5.41, 5.74) is 0.540. The second-order valence-electron chi connectivity index (χ2n) is 9.73. The Kier molecular flexibility index (Phi) is 10.2. The Morgan fingerprint density at radius 3 is 2.63 bits per heavy atom. The molecule has 7 N–H and O–H groups in total. The van der Waals surface area contributed by atoms with E-state index in [1.807, 2.05) is 0 Å². The Balaban J connectivity index is 1.48. The van der Waals surface area contributed by atoms with Crippen molar-refractivity contribution in [1.82, 2.24) is 30.6 Å². The van der Waals surface area contributed by atoms with Gasteiger partial charge in [0.1, 0.15) is 30.7 Å². The van der Waals surface area contributed by atoms with Crippen molar-refractivity contribution >= 4 is 37.5 Å². The van der Waals surface area contributed by atoms with Crippen molar-refractivity contribution in [3.8, 4) is 0 Å². The number of hydrogen-bond acceptors (Lipinski definition) is 15. The minimum Gasteiger partial charge on any atom is -0.393 e. The number of aliphatic hydroxyl groups excluding tert-OH is 3. The van der Waals surface area contributed by atoms with Gasteiger partial charge in [0.15, 0.2) is 17.9 Å². The second-order valence-corrected chi connectivity index (χ2v) is 12.0. The van der Waals surface area contributed by atoms with E-state index < -0.39 is 57.3 Å². The number of ether oxygens (including phenoxy) is 3. The first kappa shape index (κ1) is 31.6. The minimum absolute atomic E-state index is 0.0946. The molecule has 1 aliphatic carbocycles. The summed E-state index contributed by atoms with van der Waals surface area (Å²) in [5, 5.41) is 50.2. The molecule has 5 atom stereocenters. The fraction of sp³-hybridized carbons (Fsp3) is 0.714. The van der Waals surface area contributed by atoms with Gasteiger partial charge in [-0.05, 0) is 31.4 Å². The van der Waals surface area contributed by atoms with Gasteiger partial charge in [-0.1, -0.05) is 18.1 Å². The van der Waals surface area contributed by atoms with Crippen molar-refractivity contribution in [3.63, 3.8) is 0 Å². The van der Waals surface area contributed by atoms with Gasteiger partial charge in [-0.2, -0.15) is 15.3 Å². The van der Waals surface area contributed by atoms with Gasteiger partial charge >= 0.3 is 7.60 Å². The third-order valence-corrected chi connectivity index (χ3v) is 8.61. The fourth-order valence-corrected chi connectivity index (χ4v) is 5.47. The fourth-order valence-electron chi connectivity index (χ4n) is 4.62. The van der Waals surface area contributed by atoms with Gasteiger partial charge in [-0.25, -0.2) is 9.99 Å². The standard InChI is InChI=1S/C21H33ClN9O9P/c1-11-17(24-12-5-3-4-6-12)25-20(22)26-18(11)31(23-2)19-16(34)15(33)13(40-19)7-39-21(9-32,41(35,36)37)10-38-8-14-27-29-30-28-14/h12-13,15-16,19,32-34H,2-10H2,1H3,(H,24,25,26)(H2,35,36,37)(H,27,28,29,30)/t13-,15-,16-,19-,21?/m1/s1. The molecule has 3 heterocycles. The molecule has 2 aromatic rings. The summed E-state index contributed by atoms with van der Waals surface area (Å²) in [6, 6.07) is 0.214. The van der Waals surface area contributed by atoms with Crippen LogP contribution < -0.4 is 10.3 Å². The molecule has 1 aliphatic heterocycles. The first-order valence-electron chi connectivity index (χ1n) is 12.7. The second kappa shape index (κ2) is 13.3. The highest BCUT2D eigenvalue weighted by molar-refractivity contribution is 7.53. The summed E-state index contributed by atoms with van der Waals surface area (Å²) in [4.78, 5) is 28.4.